The molecule has 2 aromatic carbocycles. The number of carbonyl (C=O) groups excluding carboxylic acids is 3. The predicted octanol–water partition coefficient (Wildman–Crippen LogP) is 6.20. The van der Waals surface area contributed by atoms with Crippen molar-refractivity contribution in [3.8, 4) is 11.3 Å². The lowest BCUT2D eigenvalue weighted by molar-refractivity contribution is -0.270. The van der Waals surface area contributed by atoms with Crippen LogP contribution in [0.5, 0.6) is 0 Å². The molecule has 0 radical (unpaired) electrons. The molecule has 0 saturated carbocycles. The highest BCUT2D eigenvalue weighted by atomic mass is 32.2. The first kappa shape index (κ1) is 40.9. The second-order valence-corrected chi connectivity index (χ2v) is 17.7. The predicted molar refractivity (Wildman–Crippen MR) is 195 cm³/mol. The number of aromatic nitrogens is 1. The lowest BCUT2D eigenvalue weighted by Gasteiger charge is -2.33. The van der Waals surface area contributed by atoms with E-state index < -0.39 is 74.9 Å². The van der Waals surface area contributed by atoms with Crippen LogP contribution in [0.3, 0.4) is 0 Å². The Morgan fingerprint density at radius 1 is 1.04 bits per heavy atom. The van der Waals surface area contributed by atoms with E-state index in [1.807, 2.05) is 0 Å². The molecule has 1 unspecified atom stereocenters. The van der Waals surface area contributed by atoms with Crippen LogP contribution in [0.4, 0.5) is 33.7 Å². The number of hydrogen-bond acceptors (Lipinski definition) is 8. The van der Waals surface area contributed by atoms with Crippen LogP contribution in [0.15, 0.2) is 48.5 Å². The Kier molecular flexibility index (Phi) is 10.9. The summed E-state index contributed by atoms with van der Waals surface area (Å²) in [5.41, 5.74) is -6.20. The highest BCUT2D eigenvalue weighted by Crippen LogP contribution is 2.50. The van der Waals surface area contributed by atoms with Crippen molar-refractivity contribution in [3.05, 3.63) is 76.7 Å². The number of aliphatic hydroxyl groups excluding tert-OH is 1. The molecule has 292 valence electrons. The molecule has 3 aromatic rings. The second kappa shape index (κ2) is 14.4. The molecule has 2 aliphatic rings. The van der Waals surface area contributed by atoms with Crippen LogP contribution in [0.25, 0.3) is 11.3 Å². The molecule has 3 N–H and O–H groups in total. The van der Waals surface area contributed by atoms with Crippen molar-refractivity contribution in [1.82, 2.24) is 9.71 Å². The number of anilines is 2. The van der Waals surface area contributed by atoms with Crippen molar-refractivity contribution in [3.63, 3.8) is 0 Å². The molecule has 3 atom stereocenters. The maximum atomic E-state index is 15.2. The van der Waals surface area contributed by atoms with Gasteiger partial charge < -0.3 is 19.8 Å². The van der Waals surface area contributed by atoms with E-state index in [-0.39, 0.29) is 60.1 Å². The Morgan fingerprint density at radius 2 is 1.69 bits per heavy atom. The number of carbonyl (C=O) groups is 3. The van der Waals surface area contributed by atoms with E-state index in [1.165, 1.54) is 40.1 Å². The highest BCUT2D eigenvalue weighted by molar-refractivity contribution is 7.84. The molecule has 0 aliphatic carbocycles. The minimum absolute atomic E-state index is 0.00375. The summed E-state index contributed by atoms with van der Waals surface area (Å²) in [6.45, 7) is 11.0. The second-order valence-electron chi connectivity index (χ2n) is 15.7. The summed E-state index contributed by atoms with van der Waals surface area (Å²) in [6, 6.07) is 9.93. The van der Waals surface area contributed by atoms with Gasteiger partial charge in [0.15, 0.2) is 5.78 Å². The number of hydrogen-bond donors (Lipinski definition) is 3. The smallest absolute Gasteiger partial charge is 0.422 e. The lowest BCUT2D eigenvalue weighted by atomic mass is 9.86. The van der Waals surface area contributed by atoms with E-state index >= 15 is 13.2 Å². The average molecular weight is 777 g/mol. The first-order chi connectivity index (χ1) is 24.9. The molecule has 0 spiro atoms. The number of Topliss-reactive ketones (excluding diaryl/α,β-unsaturated/α-hetero) is 1. The quantitative estimate of drug-likeness (QED) is 0.163. The number of fused-ring (bicyclic) bond motifs is 2. The maximum Gasteiger partial charge on any atom is 0.422 e. The van der Waals surface area contributed by atoms with Gasteiger partial charge >= 0.3 is 12.3 Å². The SMILES string of the molecule is CC(C)(C)OC(=O)N1C[C@@](C)(NS(=O)C(C)(C)C)c2cc([C@](O)(CCC(=O)c3ccc4c(c3)CC(=O)N4CCO)C(F)(F)F)nc(-c3ccc(F)cc3)c21. The number of benzene rings is 2. The first-order valence-electron chi connectivity index (χ1n) is 17.3. The number of nitrogens with zero attached hydrogens (tertiary/aromatic N) is 3. The number of ketones is 1. The Bertz CT molecular complexity index is 2000. The van der Waals surface area contributed by atoms with Gasteiger partial charge in [-0.1, -0.05) is 0 Å². The summed E-state index contributed by atoms with van der Waals surface area (Å²) in [5, 5.41) is 21.0. The number of nitrogens with one attached hydrogen (secondary N) is 1. The summed E-state index contributed by atoms with van der Waals surface area (Å²) < 4.78 is 81.1. The number of rotatable bonds is 10. The van der Waals surface area contributed by atoms with E-state index in [1.54, 1.807) is 48.5 Å². The highest BCUT2D eigenvalue weighted by Gasteiger charge is 2.57. The third-order valence-electron chi connectivity index (χ3n) is 9.20. The van der Waals surface area contributed by atoms with Crippen molar-refractivity contribution in [1.29, 1.82) is 0 Å². The average Bonchev–Trinajstić information content (AvgIpc) is 3.54. The van der Waals surface area contributed by atoms with E-state index in [2.05, 4.69) is 9.71 Å². The van der Waals surface area contributed by atoms with Crippen molar-refractivity contribution in [2.24, 2.45) is 0 Å². The molecule has 0 bridgehead atoms. The van der Waals surface area contributed by atoms with Gasteiger partial charge in [0, 0.05) is 35.3 Å². The third-order valence-corrected chi connectivity index (χ3v) is 11.0. The molecule has 1 aromatic heterocycles. The summed E-state index contributed by atoms with van der Waals surface area (Å²) >= 11 is 0. The lowest BCUT2D eigenvalue weighted by Crippen LogP contribution is -2.50. The molecule has 0 saturated heterocycles. The van der Waals surface area contributed by atoms with E-state index in [4.69, 9.17) is 4.74 Å². The largest absolute Gasteiger partial charge is 0.443 e. The normalized spacial score (nSPS) is 19.0. The van der Waals surface area contributed by atoms with Gasteiger partial charge in [0.05, 0.1) is 57.9 Å². The maximum absolute atomic E-state index is 15.2. The minimum atomic E-state index is -5.38. The van der Waals surface area contributed by atoms with Crippen LogP contribution in [-0.2, 0) is 38.1 Å². The van der Waals surface area contributed by atoms with E-state index in [0.29, 0.717) is 11.3 Å². The molecule has 11 nitrogen and oxygen atoms in total. The molecule has 3 heterocycles. The Labute approximate surface area is 313 Å². The van der Waals surface area contributed by atoms with Gasteiger partial charge in [0.25, 0.3) is 0 Å². The van der Waals surface area contributed by atoms with Crippen LogP contribution in [0, 0.1) is 5.82 Å². The Hall–Kier alpha value is -4.25. The Balaban J connectivity index is 1.64. The standard InChI is InChI=1S/C38H44F4N4O7S/c1-34(2,3)53-33(50)46-21-36(7,44-54(52)35(4,5)6)26-20-29(43-31(32(26)46)22-8-11-25(39)12-9-22)37(51,38(40,41)42)15-14-28(48)23-10-13-27-24(18-23)19-30(49)45(27)16-17-47/h8-13,18,20,44,47,51H,14-17,19,21H2,1-7H3/t36-,37-,54?/m1/s1. The van der Waals surface area contributed by atoms with Gasteiger partial charge in [-0.3, -0.25) is 14.5 Å². The van der Waals surface area contributed by atoms with Crippen LogP contribution in [-0.4, -0.2) is 73.4 Å². The van der Waals surface area contributed by atoms with Crippen molar-refractivity contribution >= 4 is 40.1 Å². The summed E-state index contributed by atoms with van der Waals surface area (Å²) in [6.07, 6.45) is -8.26. The molecule has 16 heteroatoms. The summed E-state index contributed by atoms with van der Waals surface area (Å²) in [5.74, 6) is -1.69. The number of β-amino-alcohol motifs (C(OH)–C–C–N with tert-alkyl or cyclic N) is 1. The molecular weight excluding hydrogens is 732 g/mol. The fraction of sp³-hybridized carbons (Fsp3) is 0.474. The van der Waals surface area contributed by atoms with Gasteiger partial charge in [-0.2, -0.15) is 13.2 Å². The first-order valence-corrected chi connectivity index (χ1v) is 18.4. The summed E-state index contributed by atoms with van der Waals surface area (Å²) in [7, 11) is -1.82. The number of pyridine rings is 1. The van der Waals surface area contributed by atoms with Crippen LogP contribution in [0.1, 0.15) is 88.5 Å². The zero-order valence-electron chi connectivity index (χ0n) is 31.1. The number of halogens is 4. The third kappa shape index (κ3) is 8.07. The number of alkyl halides is 3. The van der Waals surface area contributed by atoms with Crippen LogP contribution >= 0.6 is 0 Å². The molecule has 54 heavy (non-hydrogen) atoms. The fourth-order valence-electron chi connectivity index (χ4n) is 6.41. The van der Waals surface area contributed by atoms with Crippen molar-refractivity contribution in [2.45, 2.75) is 95.4 Å². The Morgan fingerprint density at radius 3 is 2.26 bits per heavy atom. The van der Waals surface area contributed by atoms with Crippen molar-refractivity contribution in [2.75, 3.05) is 29.5 Å². The van der Waals surface area contributed by atoms with Crippen LogP contribution < -0.4 is 14.5 Å². The number of aliphatic hydroxyl groups is 2. The molecular formula is C38H44F4N4O7S. The van der Waals surface area contributed by atoms with Gasteiger partial charge in [-0.05, 0) is 109 Å². The molecule has 2 amide bonds. The molecule has 0 fully saturated rings. The van der Waals surface area contributed by atoms with Gasteiger partial charge in [-0.25, -0.2) is 23.1 Å². The van der Waals surface area contributed by atoms with Crippen molar-refractivity contribution < 1.29 is 51.1 Å². The topological polar surface area (TPSA) is 149 Å². The number of ether oxygens (including phenoxy) is 1. The molecule has 2 aliphatic heterocycles. The fourth-order valence-corrected chi connectivity index (χ4v) is 7.30. The zero-order valence-corrected chi connectivity index (χ0v) is 31.9. The molecule has 5 rings (SSSR count). The van der Waals surface area contributed by atoms with Gasteiger partial charge in [0.1, 0.15) is 11.4 Å². The summed E-state index contributed by atoms with van der Waals surface area (Å²) in [4.78, 5) is 46.4. The minimum Gasteiger partial charge on any atom is -0.443 e. The number of amides is 2. The van der Waals surface area contributed by atoms with Gasteiger partial charge in [0.2, 0.25) is 11.5 Å². The van der Waals surface area contributed by atoms with Gasteiger partial charge in [-0.15, -0.1) is 0 Å². The van der Waals surface area contributed by atoms with E-state index in [9.17, 15) is 33.2 Å². The van der Waals surface area contributed by atoms with E-state index in [0.717, 1.165) is 18.2 Å². The zero-order chi connectivity index (χ0) is 40.2. The monoisotopic (exact) mass is 776 g/mol. The van der Waals surface area contributed by atoms with Crippen LogP contribution in [0.2, 0.25) is 0 Å².